The Morgan fingerprint density at radius 3 is 2.27 bits per heavy atom. The normalized spacial score (nSPS) is 15.0. The maximum atomic E-state index is 12.8. The molecule has 0 aromatic heterocycles. The Morgan fingerprint density at radius 2 is 1.58 bits per heavy atom. The van der Waals surface area contributed by atoms with Crippen molar-refractivity contribution in [2.24, 2.45) is 0 Å². The Hall–Kier alpha value is -2.46. The largest absolute Gasteiger partial charge is 0.320 e. The first kappa shape index (κ1) is 18.3. The fourth-order valence-corrected chi connectivity index (χ4v) is 3.83. The molecule has 1 N–H and O–H groups in total. The number of benzene rings is 2. The Bertz CT molecular complexity index is 778. The monoisotopic (exact) mass is 351 g/mol. The molecule has 0 saturated heterocycles. The number of hydrogen-bond acceptors (Lipinski definition) is 2. The summed E-state index contributed by atoms with van der Waals surface area (Å²) < 4.78 is 0.695. The average Bonchev–Trinajstić information content (AvgIpc) is 3.17. The second-order valence-corrected chi connectivity index (χ2v) is 7.66. The van der Waals surface area contributed by atoms with Crippen LogP contribution in [0.4, 0.5) is 5.69 Å². The first-order chi connectivity index (χ1) is 12.5. The van der Waals surface area contributed by atoms with E-state index < -0.39 is 0 Å². The summed E-state index contributed by atoms with van der Waals surface area (Å²) in [5.74, 6) is -0.124. The van der Waals surface area contributed by atoms with Gasteiger partial charge in [0.25, 0.3) is 5.91 Å². The van der Waals surface area contributed by atoms with E-state index >= 15 is 0 Å². The van der Waals surface area contributed by atoms with E-state index in [1.807, 2.05) is 30.3 Å². The smallest absolute Gasteiger partial charge is 0.279 e. The number of nitrogens with zero attached hydrogens (tertiary/aromatic N) is 1. The topological polar surface area (TPSA) is 46.2 Å². The highest BCUT2D eigenvalue weighted by atomic mass is 16.2. The van der Waals surface area contributed by atoms with Crippen LogP contribution in [-0.4, -0.2) is 42.9 Å². The summed E-state index contributed by atoms with van der Waals surface area (Å²) in [7, 11) is 4.24. The molecule has 1 amide bonds. The van der Waals surface area contributed by atoms with Crippen molar-refractivity contribution in [2.75, 3.05) is 26.0 Å². The standard InChI is InChI=1S/C22H26N2O2/c1-24(2,18-12-6-7-13-18)16-21(25)23-20-15-9-8-14-19(20)22(26)17-10-4-3-5-11-17/h3-5,8-11,14-15,18H,6-7,12-13,16H2,1-2H3/p+1. The number of amides is 1. The van der Waals surface area contributed by atoms with Crippen molar-refractivity contribution < 1.29 is 14.1 Å². The molecule has 0 aliphatic heterocycles. The van der Waals surface area contributed by atoms with Gasteiger partial charge in [-0.05, 0) is 37.8 Å². The minimum absolute atomic E-state index is 0.0461. The average molecular weight is 351 g/mol. The van der Waals surface area contributed by atoms with E-state index in [1.54, 1.807) is 24.3 Å². The predicted octanol–water partition coefficient (Wildman–Crippen LogP) is 3.88. The zero-order chi connectivity index (χ0) is 18.6. The van der Waals surface area contributed by atoms with Crippen molar-refractivity contribution in [1.29, 1.82) is 0 Å². The van der Waals surface area contributed by atoms with Crippen LogP contribution in [0.25, 0.3) is 0 Å². The SMILES string of the molecule is C[N+](C)(CC(=O)Nc1ccccc1C(=O)c1ccccc1)C1CCCC1. The van der Waals surface area contributed by atoms with Gasteiger partial charge in [0, 0.05) is 11.1 Å². The molecule has 0 heterocycles. The Morgan fingerprint density at radius 1 is 0.962 bits per heavy atom. The maximum absolute atomic E-state index is 12.8. The molecule has 2 aromatic carbocycles. The number of nitrogens with one attached hydrogen (secondary N) is 1. The van der Waals surface area contributed by atoms with Gasteiger partial charge in [-0.1, -0.05) is 42.5 Å². The molecule has 4 nitrogen and oxygen atoms in total. The van der Waals surface area contributed by atoms with E-state index in [9.17, 15) is 9.59 Å². The summed E-state index contributed by atoms with van der Waals surface area (Å²) in [5.41, 5.74) is 1.73. The third-order valence-electron chi connectivity index (χ3n) is 5.35. The summed E-state index contributed by atoms with van der Waals surface area (Å²) in [5, 5.41) is 2.97. The summed E-state index contributed by atoms with van der Waals surface area (Å²) in [6.07, 6.45) is 4.87. The van der Waals surface area contributed by atoms with Crippen LogP contribution < -0.4 is 5.32 Å². The van der Waals surface area contributed by atoms with E-state index in [0.29, 0.717) is 33.9 Å². The Balaban J connectivity index is 1.74. The lowest BCUT2D eigenvalue weighted by molar-refractivity contribution is -0.906. The third kappa shape index (κ3) is 4.20. The number of quaternary nitrogens is 1. The summed E-state index contributed by atoms with van der Waals surface area (Å²) in [6.45, 7) is 0.415. The van der Waals surface area contributed by atoms with Gasteiger partial charge in [0.15, 0.2) is 12.3 Å². The molecule has 1 aliphatic carbocycles. The van der Waals surface area contributed by atoms with Gasteiger partial charge in [-0.3, -0.25) is 9.59 Å². The van der Waals surface area contributed by atoms with Crippen LogP contribution in [0.2, 0.25) is 0 Å². The molecule has 2 aromatic rings. The highest BCUT2D eigenvalue weighted by molar-refractivity contribution is 6.13. The van der Waals surface area contributed by atoms with E-state index in [4.69, 9.17) is 0 Å². The molecule has 26 heavy (non-hydrogen) atoms. The van der Waals surface area contributed by atoms with Crippen molar-refractivity contribution in [2.45, 2.75) is 31.7 Å². The number of anilines is 1. The molecular formula is C22H27N2O2+. The molecule has 1 fully saturated rings. The molecule has 3 rings (SSSR count). The number of carbonyl (C=O) groups is 2. The van der Waals surface area contributed by atoms with Crippen LogP contribution >= 0.6 is 0 Å². The molecular weight excluding hydrogens is 324 g/mol. The van der Waals surface area contributed by atoms with Crippen LogP contribution in [-0.2, 0) is 4.79 Å². The predicted molar refractivity (Wildman–Crippen MR) is 104 cm³/mol. The van der Waals surface area contributed by atoms with Crippen LogP contribution in [0.1, 0.15) is 41.6 Å². The number of rotatable bonds is 6. The zero-order valence-electron chi connectivity index (χ0n) is 15.6. The summed E-state index contributed by atoms with van der Waals surface area (Å²) in [4.78, 5) is 25.4. The van der Waals surface area contributed by atoms with Crippen LogP contribution in [0.3, 0.4) is 0 Å². The number of ketones is 1. The van der Waals surface area contributed by atoms with Gasteiger partial charge in [-0.15, -0.1) is 0 Å². The van der Waals surface area contributed by atoms with Crippen LogP contribution in [0, 0.1) is 0 Å². The summed E-state index contributed by atoms with van der Waals surface area (Å²) >= 11 is 0. The van der Waals surface area contributed by atoms with Gasteiger partial charge < -0.3 is 9.80 Å². The van der Waals surface area contributed by atoms with E-state index in [1.165, 1.54) is 25.7 Å². The van der Waals surface area contributed by atoms with Gasteiger partial charge in [0.05, 0.1) is 25.8 Å². The fourth-order valence-electron chi connectivity index (χ4n) is 3.83. The zero-order valence-corrected chi connectivity index (χ0v) is 15.6. The van der Waals surface area contributed by atoms with Crippen LogP contribution in [0.5, 0.6) is 0 Å². The summed E-state index contributed by atoms with van der Waals surface area (Å²) in [6, 6.07) is 16.9. The molecule has 0 atom stereocenters. The van der Waals surface area contributed by atoms with Crippen molar-refractivity contribution in [3.05, 3.63) is 65.7 Å². The number of hydrogen-bond donors (Lipinski definition) is 1. The highest BCUT2D eigenvalue weighted by Crippen LogP contribution is 2.27. The lowest BCUT2D eigenvalue weighted by atomic mass is 10.0. The van der Waals surface area contributed by atoms with Gasteiger partial charge in [0.2, 0.25) is 0 Å². The van der Waals surface area contributed by atoms with Crippen molar-refractivity contribution in [3.63, 3.8) is 0 Å². The van der Waals surface area contributed by atoms with Crippen molar-refractivity contribution in [1.82, 2.24) is 0 Å². The number of carbonyl (C=O) groups excluding carboxylic acids is 2. The van der Waals surface area contributed by atoms with Crippen molar-refractivity contribution in [3.8, 4) is 0 Å². The maximum Gasteiger partial charge on any atom is 0.279 e. The molecule has 0 spiro atoms. The van der Waals surface area contributed by atoms with Crippen molar-refractivity contribution >= 4 is 17.4 Å². The first-order valence-electron chi connectivity index (χ1n) is 9.29. The van der Waals surface area contributed by atoms with Gasteiger partial charge >= 0.3 is 0 Å². The van der Waals surface area contributed by atoms with Gasteiger partial charge in [-0.2, -0.15) is 0 Å². The number of likely N-dealkylation sites (N-methyl/N-ethyl adjacent to an activating group) is 1. The molecule has 1 saturated carbocycles. The minimum atomic E-state index is -0.0777. The van der Waals surface area contributed by atoms with Gasteiger partial charge in [-0.25, -0.2) is 0 Å². The Kier molecular flexibility index (Phi) is 5.52. The second kappa shape index (κ2) is 7.83. The fraction of sp³-hybridized carbons (Fsp3) is 0.364. The lowest BCUT2D eigenvalue weighted by Crippen LogP contribution is -2.51. The molecule has 0 unspecified atom stereocenters. The number of para-hydroxylation sites is 1. The molecule has 0 bridgehead atoms. The molecule has 4 heteroatoms. The highest BCUT2D eigenvalue weighted by Gasteiger charge is 2.33. The van der Waals surface area contributed by atoms with E-state index in [2.05, 4.69) is 19.4 Å². The van der Waals surface area contributed by atoms with E-state index in [0.717, 1.165) is 0 Å². The lowest BCUT2D eigenvalue weighted by Gasteiger charge is -2.35. The molecule has 1 aliphatic rings. The second-order valence-electron chi connectivity index (χ2n) is 7.66. The third-order valence-corrected chi connectivity index (χ3v) is 5.35. The quantitative estimate of drug-likeness (QED) is 0.634. The first-order valence-corrected chi connectivity index (χ1v) is 9.29. The van der Waals surface area contributed by atoms with Gasteiger partial charge in [0.1, 0.15) is 0 Å². The van der Waals surface area contributed by atoms with E-state index in [-0.39, 0.29) is 11.7 Å². The molecule has 136 valence electrons. The molecule has 0 radical (unpaired) electrons. The Labute approximate surface area is 155 Å². The minimum Gasteiger partial charge on any atom is -0.320 e. The van der Waals surface area contributed by atoms with Crippen LogP contribution in [0.15, 0.2) is 54.6 Å².